The van der Waals surface area contributed by atoms with Crippen molar-refractivity contribution < 1.29 is 18.0 Å². The van der Waals surface area contributed by atoms with Crippen LogP contribution in [0.15, 0.2) is 77.7 Å². The minimum atomic E-state index is -4.07. The van der Waals surface area contributed by atoms with E-state index in [0.717, 1.165) is 26.6 Å². The zero-order valence-electron chi connectivity index (χ0n) is 21.4. The van der Waals surface area contributed by atoms with Crippen LogP contribution in [0.1, 0.15) is 29.2 Å². The number of sulfonamides is 1. The van der Waals surface area contributed by atoms with E-state index in [2.05, 4.69) is 5.32 Å². The lowest BCUT2D eigenvalue weighted by atomic mass is 10.1. The van der Waals surface area contributed by atoms with Gasteiger partial charge < -0.3 is 10.2 Å². The highest BCUT2D eigenvalue weighted by atomic mass is 32.2. The Bertz CT molecular complexity index is 1340. The topological polar surface area (TPSA) is 86.8 Å². The molecule has 36 heavy (non-hydrogen) atoms. The van der Waals surface area contributed by atoms with E-state index >= 15 is 0 Å². The second-order valence-electron chi connectivity index (χ2n) is 8.85. The van der Waals surface area contributed by atoms with Crippen molar-refractivity contribution in [1.82, 2.24) is 10.2 Å². The maximum Gasteiger partial charge on any atom is 0.264 e. The summed E-state index contributed by atoms with van der Waals surface area (Å²) >= 11 is 0. The van der Waals surface area contributed by atoms with Crippen LogP contribution in [0, 0.1) is 20.8 Å². The van der Waals surface area contributed by atoms with E-state index in [0.29, 0.717) is 5.69 Å². The van der Waals surface area contributed by atoms with E-state index < -0.39 is 28.5 Å². The molecule has 0 unspecified atom stereocenters. The third kappa shape index (κ3) is 5.94. The molecule has 3 aromatic rings. The van der Waals surface area contributed by atoms with Gasteiger partial charge >= 0.3 is 0 Å². The van der Waals surface area contributed by atoms with Crippen molar-refractivity contribution in [2.45, 2.75) is 45.2 Å². The third-order valence-electron chi connectivity index (χ3n) is 6.26. The zero-order chi connectivity index (χ0) is 26.5. The summed E-state index contributed by atoms with van der Waals surface area (Å²) < 4.78 is 28.8. The quantitative estimate of drug-likeness (QED) is 0.475. The van der Waals surface area contributed by atoms with Crippen LogP contribution in [0.5, 0.6) is 0 Å². The van der Waals surface area contributed by atoms with Crippen LogP contribution >= 0.6 is 0 Å². The Balaban J connectivity index is 2.08. The number of hydrogen-bond acceptors (Lipinski definition) is 4. The van der Waals surface area contributed by atoms with Crippen molar-refractivity contribution in [3.63, 3.8) is 0 Å². The standard InChI is InChI=1S/C28H33N3O4S/c1-20-15-16-22(3)26(17-20)31(36(34,35)25-13-7-6-8-14-25)19-27(32)30(23(4)28(33)29-5)18-24-12-10-9-11-21(24)2/h6-17,23H,18-19H2,1-5H3,(H,29,33)/t23-/m0/s1. The number of likely N-dealkylation sites (N-methyl/N-ethyl adjacent to an activating group) is 1. The largest absolute Gasteiger partial charge is 0.357 e. The van der Waals surface area contributed by atoms with Crippen LogP contribution in [0.3, 0.4) is 0 Å². The SMILES string of the molecule is CNC(=O)[C@H](C)N(Cc1ccccc1C)C(=O)CN(c1cc(C)ccc1C)S(=O)(=O)c1ccccc1. The summed E-state index contributed by atoms with van der Waals surface area (Å²) in [5.74, 6) is -0.809. The molecular formula is C28H33N3O4S. The fourth-order valence-corrected chi connectivity index (χ4v) is 5.48. The summed E-state index contributed by atoms with van der Waals surface area (Å²) in [6.45, 7) is 6.98. The normalized spacial score (nSPS) is 12.0. The van der Waals surface area contributed by atoms with Crippen molar-refractivity contribution >= 4 is 27.5 Å². The number of anilines is 1. The van der Waals surface area contributed by atoms with Crippen LogP contribution in [0.4, 0.5) is 5.69 Å². The molecule has 0 radical (unpaired) electrons. The molecule has 0 saturated heterocycles. The molecule has 8 heteroatoms. The minimum Gasteiger partial charge on any atom is -0.357 e. The summed E-state index contributed by atoms with van der Waals surface area (Å²) in [6.07, 6.45) is 0. The molecule has 190 valence electrons. The van der Waals surface area contributed by atoms with E-state index in [1.807, 2.05) is 57.2 Å². The molecule has 0 spiro atoms. The smallest absolute Gasteiger partial charge is 0.264 e. The van der Waals surface area contributed by atoms with Crippen LogP contribution < -0.4 is 9.62 Å². The van der Waals surface area contributed by atoms with Crippen LogP contribution in [-0.4, -0.2) is 44.8 Å². The predicted octanol–water partition coefficient (Wildman–Crippen LogP) is 3.97. The highest BCUT2D eigenvalue weighted by Gasteiger charge is 2.33. The molecule has 2 amide bonds. The van der Waals surface area contributed by atoms with E-state index in [1.54, 1.807) is 31.2 Å². The maximum absolute atomic E-state index is 13.8. The summed E-state index contributed by atoms with van der Waals surface area (Å²) in [6, 6.07) is 20.3. The predicted molar refractivity (Wildman–Crippen MR) is 142 cm³/mol. The molecule has 1 atom stereocenters. The molecule has 7 nitrogen and oxygen atoms in total. The van der Waals surface area contributed by atoms with Gasteiger partial charge in [-0.3, -0.25) is 13.9 Å². The Kier molecular flexibility index (Phi) is 8.53. The van der Waals surface area contributed by atoms with Gasteiger partial charge in [0.25, 0.3) is 10.0 Å². The number of benzene rings is 3. The number of carbonyl (C=O) groups is 2. The number of nitrogens with zero attached hydrogens (tertiary/aromatic N) is 2. The van der Waals surface area contributed by atoms with Gasteiger partial charge in [-0.15, -0.1) is 0 Å². The van der Waals surface area contributed by atoms with Crippen molar-refractivity contribution in [1.29, 1.82) is 0 Å². The van der Waals surface area contributed by atoms with Gasteiger partial charge in [-0.2, -0.15) is 0 Å². The third-order valence-corrected chi connectivity index (χ3v) is 8.03. The van der Waals surface area contributed by atoms with E-state index in [4.69, 9.17) is 0 Å². The van der Waals surface area contributed by atoms with Gasteiger partial charge in [0.05, 0.1) is 10.6 Å². The van der Waals surface area contributed by atoms with Gasteiger partial charge in [0.1, 0.15) is 12.6 Å². The molecule has 0 bridgehead atoms. The lowest BCUT2D eigenvalue weighted by Gasteiger charge is -2.32. The van der Waals surface area contributed by atoms with Gasteiger partial charge in [0.2, 0.25) is 11.8 Å². The number of carbonyl (C=O) groups excluding carboxylic acids is 2. The molecule has 0 aromatic heterocycles. The molecule has 0 aliphatic rings. The first kappa shape index (κ1) is 26.9. The number of amides is 2. The Hall–Kier alpha value is -3.65. The van der Waals surface area contributed by atoms with Crippen molar-refractivity contribution in [3.8, 4) is 0 Å². The molecule has 3 rings (SSSR count). The second-order valence-corrected chi connectivity index (χ2v) is 10.7. The summed E-state index contributed by atoms with van der Waals surface area (Å²) in [4.78, 5) is 27.9. The van der Waals surface area contributed by atoms with Gasteiger partial charge in [-0.1, -0.05) is 54.6 Å². The zero-order valence-corrected chi connectivity index (χ0v) is 22.2. The molecule has 0 saturated carbocycles. The molecule has 3 aromatic carbocycles. The highest BCUT2D eigenvalue weighted by Crippen LogP contribution is 2.28. The Morgan fingerprint density at radius 1 is 0.889 bits per heavy atom. The van der Waals surface area contributed by atoms with Crippen molar-refractivity contribution in [2.24, 2.45) is 0 Å². The van der Waals surface area contributed by atoms with Crippen molar-refractivity contribution in [2.75, 3.05) is 17.9 Å². The number of rotatable bonds is 9. The van der Waals surface area contributed by atoms with E-state index in [-0.39, 0.29) is 17.3 Å². The first-order valence-corrected chi connectivity index (χ1v) is 13.2. The number of hydrogen-bond donors (Lipinski definition) is 1. The van der Waals surface area contributed by atoms with Crippen LogP contribution in [0.25, 0.3) is 0 Å². The first-order valence-electron chi connectivity index (χ1n) is 11.8. The number of nitrogens with one attached hydrogen (secondary N) is 1. The van der Waals surface area contributed by atoms with Gasteiger partial charge in [-0.25, -0.2) is 8.42 Å². The van der Waals surface area contributed by atoms with E-state index in [9.17, 15) is 18.0 Å². The van der Waals surface area contributed by atoms with E-state index in [1.165, 1.54) is 24.1 Å². The summed E-state index contributed by atoms with van der Waals surface area (Å²) in [5.41, 5.74) is 3.87. The van der Waals surface area contributed by atoms with Gasteiger partial charge in [0, 0.05) is 13.6 Å². The Morgan fingerprint density at radius 3 is 2.17 bits per heavy atom. The monoisotopic (exact) mass is 507 g/mol. The fourth-order valence-electron chi connectivity index (χ4n) is 3.98. The average Bonchev–Trinajstić information content (AvgIpc) is 2.87. The fraction of sp³-hybridized carbons (Fsp3) is 0.286. The van der Waals surface area contributed by atoms with Crippen molar-refractivity contribution in [3.05, 3.63) is 95.1 Å². The molecule has 0 fully saturated rings. The molecule has 0 aliphatic carbocycles. The number of aryl methyl sites for hydroxylation is 3. The van der Waals surface area contributed by atoms with Crippen LogP contribution in [0.2, 0.25) is 0 Å². The van der Waals surface area contributed by atoms with Crippen LogP contribution in [-0.2, 0) is 26.2 Å². The highest BCUT2D eigenvalue weighted by molar-refractivity contribution is 7.92. The molecule has 1 N–H and O–H groups in total. The maximum atomic E-state index is 13.8. The first-order chi connectivity index (χ1) is 17.1. The Labute approximate surface area is 213 Å². The van der Waals surface area contributed by atoms with Gasteiger partial charge in [0.15, 0.2) is 0 Å². The average molecular weight is 508 g/mol. The lowest BCUT2D eigenvalue weighted by molar-refractivity contribution is -0.139. The lowest BCUT2D eigenvalue weighted by Crippen LogP contribution is -2.50. The summed E-state index contributed by atoms with van der Waals surface area (Å²) in [7, 11) is -2.56. The summed E-state index contributed by atoms with van der Waals surface area (Å²) in [5, 5.41) is 2.59. The molecule has 0 aliphatic heterocycles. The molecular weight excluding hydrogens is 474 g/mol. The molecule has 0 heterocycles. The second kappa shape index (κ2) is 11.4. The van der Waals surface area contributed by atoms with Gasteiger partial charge in [-0.05, 0) is 68.1 Å². The Morgan fingerprint density at radius 2 is 1.53 bits per heavy atom. The minimum absolute atomic E-state index is 0.0866.